The molecule has 0 saturated carbocycles. The number of hydrogen-bond donors (Lipinski definition) is 1. The van der Waals surface area contributed by atoms with Gasteiger partial charge in [-0.3, -0.25) is 0 Å². The highest BCUT2D eigenvalue weighted by molar-refractivity contribution is 5.25. The molecule has 0 fully saturated rings. The molecule has 0 aliphatic carbocycles. The Bertz CT molecular complexity index is 455. The summed E-state index contributed by atoms with van der Waals surface area (Å²) in [6.45, 7) is 3.33. The molecular formula is C13H11F3O. The molecule has 0 spiro atoms. The van der Waals surface area contributed by atoms with Crippen LogP contribution in [0.25, 0.3) is 0 Å². The average Bonchev–Trinajstić information content (AvgIpc) is 2.14. The molecule has 4 heteroatoms. The van der Waals surface area contributed by atoms with Crippen LogP contribution in [0.4, 0.5) is 13.2 Å². The van der Waals surface area contributed by atoms with Crippen LogP contribution in [0.2, 0.25) is 0 Å². The van der Waals surface area contributed by atoms with Crippen LogP contribution < -0.4 is 0 Å². The lowest BCUT2D eigenvalue weighted by atomic mass is 10.1. The normalized spacial score (nSPS) is 12.6. The minimum absolute atomic E-state index is 0.155. The van der Waals surface area contributed by atoms with E-state index in [-0.39, 0.29) is 17.7 Å². The van der Waals surface area contributed by atoms with Crippen LogP contribution in [-0.4, -0.2) is 5.11 Å². The molecule has 0 aliphatic rings. The van der Waals surface area contributed by atoms with Gasteiger partial charge < -0.3 is 5.11 Å². The van der Waals surface area contributed by atoms with Gasteiger partial charge in [0.25, 0.3) is 0 Å². The summed E-state index contributed by atoms with van der Waals surface area (Å²) < 4.78 is 38.9. The highest BCUT2D eigenvalue weighted by Gasteiger charge is 2.04. The SMILES string of the molecule is C=C/C=C(O)\C=C(\F)Cc1cc(F)cc(F)c1. The smallest absolute Gasteiger partial charge is 0.126 e. The van der Waals surface area contributed by atoms with Crippen LogP contribution in [0.1, 0.15) is 5.56 Å². The molecular weight excluding hydrogens is 229 g/mol. The summed E-state index contributed by atoms with van der Waals surface area (Å²) in [6.07, 6.45) is 3.07. The maximum atomic E-state index is 13.3. The molecule has 90 valence electrons. The summed E-state index contributed by atoms with van der Waals surface area (Å²) in [4.78, 5) is 0. The van der Waals surface area contributed by atoms with Gasteiger partial charge in [0.15, 0.2) is 0 Å². The number of aliphatic hydroxyl groups excluding tert-OH is 1. The van der Waals surface area contributed by atoms with Crippen molar-refractivity contribution in [3.8, 4) is 0 Å². The standard InChI is InChI=1S/C13H11F3O/c1-2-3-13(17)8-12(16)6-9-4-10(14)7-11(15)5-9/h2-5,7-8,17H,1,6H2/b12-8+,13-3+. The van der Waals surface area contributed by atoms with Crippen LogP contribution in [0.15, 0.2) is 54.6 Å². The van der Waals surface area contributed by atoms with Crippen LogP contribution >= 0.6 is 0 Å². The number of aliphatic hydroxyl groups is 1. The van der Waals surface area contributed by atoms with Crippen molar-refractivity contribution in [1.29, 1.82) is 0 Å². The van der Waals surface area contributed by atoms with Crippen molar-refractivity contribution >= 4 is 0 Å². The number of allylic oxidation sites excluding steroid dienone is 4. The molecule has 0 unspecified atom stereocenters. The Morgan fingerprint density at radius 2 is 1.82 bits per heavy atom. The monoisotopic (exact) mass is 240 g/mol. The number of hydrogen-bond acceptors (Lipinski definition) is 1. The first-order valence-electron chi connectivity index (χ1n) is 4.84. The van der Waals surface area contributed by atoms with Gasteiger partial charge in [0.1, 0.15) is 23.2 Å². The maximum absolute atomic E-state index is 13.3. The highest BCUT2D eigenvalue weighted by atomic mass is 19.1. The fraction of sp³-hybridized carbons (Fsp3) is 0.0769. The average molecular weight is 240 g/mol. The van der Waals surface area contributed by atoms with Gasteiger partial charge >= 0.3 is 0 Å². The third-order valence-electron chi connectivity index (χ3n) is 1.89. The zero-order chi connectivity index (χ0) is 12.8. The lowest BCUT2D eigenvalue weighted by Gasteiger charge is -2.00. The molecule has 0 radical (unpaired) electrons. The molecule has 0 bridgehead atoms. The van der Waals surface area contributed by atoms with Gasteiger partial charge in [0, 0.05) is 18.6 Å². The van der Waals surface area contributed by atoms with E-state index in [2.05, 4.69) is 6.58 Å². The lowest BCUT2D eigenvalue weighted by molar-refractivity contribution is 0.427. The second-order valence-electron chi connectivity index (χ2n) is 3.37. The zero-order valence-electron chi connectivity index (χ0n) is 8.96. The largest absolute Gasteiger partial charge is 0.508 e. The fourth-order valence-electron chi connectivity index (χ4n) is 1.29. The topological polar surface area (TPSA) is 20.2 Å². The van der Waals surface area contributed by atoms with E-state index in [4.69, 9.17) is 5.11 Å². The third kappa shape index (κ3) is 4.59. The van der Waals surface area contributed by atoms with Gasteiger partial charge in [0.2, 0.25) is 0 Å². The van der Waals surface area contributed by atoms with Crippen LogP contribution in [0.5, 0.6) is 0 Å². The van der Waals surface area contributed by atoms with E-state index < -0.39 is 17.5 Å². The molecule has 1 N–H and O–H groups in total. The highest BCUT2D eigenvalue weighted by Crippen LogP contribution is 2.14. The molecule has 17 heavy (non-hydrogen) atoms. The van der Waals surface area contributed by atoms with Gasteiger partial charge in [-0.15, -0.1) is 0 Å². The van der Waals surface area contributed by atoms with E-state index in [0.717, 1.165) is 18.2 Å². The first-order valence-corrected chi connectivity index (χ1v) is 4.84. The minimum atomic E-state index is -0.765. The molecule has 0 aliphatic heterocycles. The molecule has 0 atom stereocenters. The zero-order valence-corrected chi connectivity index (χ0v) is 8.96. The van der Waals surface area contributed by atoms with Crippen molar-refractivity contribution in [3.63, 3.8) is 0 Å². The summed E-state index contributed by atoms with van der Waals surface area (Å²) in [7, 11) is 0. The molecule has 0 aromatic heterocycles. The Labute approximate surface area is 97.2 Å². The summed E-state index contributed by atoms with van der Waals surface area (Å²) in [5.74, 6) is -2.54. The van der Waals surface area contributed by atoms with E-state index in [1.54, 1.807) is 0 Å². The number of benzene rings is 1. The number of halogens is 3. The number of rotatable bonds is 4. The van der Waals surface area contributed by atoms with E-state index >= 15 is 0 Å². The van der Waals surface area contributed by atoms with Crippen LogP contribution in [0.3, 0.4) is 0 Å². The molecule has 0 heterocycles. The van der Waals surface area contributed by atoms with Crippen LogP contribution in [0, 0.1) is 11.6 Å². The first-order chi connectivity index (χ1) is 8.01. The van der Waals surface area contributed by atoms with Gasteiger partial charge in [0.05, 0.1) is 0 Å². The summed E-state index contributed by atoms with van der Waals surface area (Å²) in [5.41, 5.74) is 0.155. The summed E-state index contributed by atoms with van der Waals surface area (Å²) in [6, 6.07) is 2.77. The van der Waals surface area contributed by atoms with Gasteiger partial charge in [-0.05, 0) is 23.8 Å². The Hall–Kier alpha value is -1.97. The molecule has 1 aromatic rings. The first kappa shape index (κ1) is 13.1. The molecule has 1 rings (SSSR count). The van der Waals surface area contributed by atoms with E-state index in [9.17, 15) is 13.2 Å². The molecule has 1 nitrogen and oxygen atoms in total. The lowest BCUT2D eigenvalue weighted by Crippen LogP contribution is -1.90. The van der Waals surface area contributed by atoms with E-state index in [1.165, 1.54) is 12.2 Å². The Morgan fingerprint density at radius 3 is 2.35 bits per heavy atom. The second kappa shape index (κ2) is 5.94. The summed E-state index contributed by atoms with van der Waals surface area (Å²) in [5, 5.41) is 9.13. The van der Waals surface area contributed by atoms with Gasteiger partial charge in [-0.25, -0.2) is 13.2 Å². The third-order valence-corrected chi connectivity index (χ3v) is 1.89. The Kier molecular flexibility index (Phi) is 4.57. The maximum Gasteiger partial charge on any atom is 0.126 e. The predicted molar refractivity (Wildman–Crippen MR) is 60.2 cm³/mol. The Balaban J connectivity index is 2.84. The fourth-order valence-corrected chi connectivity index (χ4v) is 1.29. The van der Waals surface area contributed by atoms with Crippen molar-refractivity contribution in [2.75, 3.05) is 0 Å². The van der Waals surface area contributed by atoms with Crippen molar-refractivity contribution in [2.24, 2.45) is 0 Å². The van der Waals surface area contributed by atoms with Gasteiger partial charge in [-0.2, -0.15) is 0 Å². The van der Waals surface area contributed by atoms with Crippen molar-refractivity contribution in [3.05, 3.63) is 71.8 Å². The second-order valence-corrected chi connectivity index (χ2v) is 3.37. The summed E-state index contributed by atoms with van der Waals surface area (Å²) >= 11 is 0. The van der Waals surface area contributed by atoms with Crippen molar-refractivity contribution < 1.29 is 18.3 Å². The van der Waals surface area contributed by atoms with Crippen molar-refractivity contribution in [2.45, 2.75) is 6.42 Å². The molecule has 0 amide bonds. The van der Waals surface area contributed by atoms with E-state index in [1.807, 2.05) is 0 Å². The predicted octanol–water partition coefficient (Wildman–Crippen LogP) is 3.99. The molecule has 1 aromatic carbocycles. The molecule has 0 saturated heterocycles. The minimum Gasteiger partial charge on any atom is -0.508 e. The van der Waals surface area contributed by atoms with Gasteiger partial charge in [-0.1, -0.05) is 12.7 Å². The van der Waals surface area contributed by atoms with Crippen LogP contribution in [-0.2, 0) is 6.42 Å². The quantitative estimate of drug-likeness (QED) is 0.623. The van der Waals surface area contributed by atoms with E-state index in [0.29, 0.717) is 6.07 Å². The van der Waals surface area contributed by atoms with Crippen molar-refractivity contribution in [1.82, 2.24) is 0 Å². The Morgan fingerprint density at radius 1 is 1.24 bits per heavy atom.